The Balaban J connectivity index is 1.07. The molecule has 1 amide bonds. The maximum atomic E-state index is 14.0. The number of para-hydroxylation sites is 1. The first-order valence-electron chi connectivity index (χ1n) is 17.5. The molecule has 0 saturated heterocycles. The highest BCUT2D eigenvalue weighted by atomic mass is 32.2. The van der Waals surface area contributed by atoms with Gasteiger partial charge >= 0.3 is 5.97 Å². The summed E-state index contributed by atoms with van der Waals surface area (Å²) in [5.41, 5.74) is 4.95. The van der Waals surface area contributed by atoms with Crippen molar-refractivity contribution in [2.24, 2.45) is 11.8 Å². The van der Waals surface area contributed by atoms with Gasteiger partial charge in [0.05, 0.1) is 20.7 Å². The average Bonchev–Trinajstić information content (AvgIpc) is 3.52. The molecule has 3 atom stereocenters. The molecule has 3 N–H and O–H groups in total. The van der Waals surface area contributed by atoms with E-state index in [9.17, 15) is 23.1 Å². The molecule has 0 bridgehead atoms. The number of thiazole rings is 1. The number of amides is 1. The topological polar surface area (TPSA) is 142 Å². The third-order valence-electron chi connectivity index (χ3n) is 10.8. The zero-order valence-corrected chi connectivity index (χ0v) is 30.8. The number of fused-ring (bicyclic) bond motifs is 3. The number of carbonyl (C=O) groups is 2. The quantitative estimate of drug-likeness (QED) is 0.139. The zero-order chi connectivity index (χ0) is 36.4. The number of aromatic nitrogens is 2. The Hall–Kier alpha value is -4.91. The van der Waals surface area contributed by atoms with E-state index in [2.05, 4.69) is 39.9 Å². The molecule has 10 nitrogen and oxygen atoms in total. The molecule has 1 saturated carbocycles. The molecule has 3 unspecified atom stereocenters. The number of allylic oxidation sites excluding steroid dienone is 1. The van der Waals surface area contributed by atoms with Crippen molar-refractivity contribution in [3.63, 3.8) is 0 Å². The van der Waals surface area contributed by atoms with Crippen LogP contribution in [0.3, 0.4) is 0 Å². The molecule has 3 aliphatic rings. The van der Waals surface area contributed by atoms with Crippen molar-refractivity contribution in [2.75, 3.05) is 16.8 Å². The SMILES string of the molecule is Cc1c(-c2ccc(N3CCc4cccc(C(=O)Nc5nc6ccccc6s5)c4C3)nc2C(=O)O)cccc1S(=O)(=O)NC12CC(C)CC=C1C(C)C2. The molecule has 3 aromatic carbocycles. The van der Waals surface area contributed by atoms with E-state index >= 15 is 0 Å². The lowest BCUT2D eigenvalue weighted by molar-refractivity contribution is 0.0691. The van der Waals surface area contributed by atoms with Gasteiger partial charge in [0, 0.05) is 24.2 Å². The summed E-state index contributed by atoms with van der Waals surface area (Å²) < 4.78 is 32.0. The first-order valence-corrected chi connectivity index (χ1v) is 19.8. The van der Waals surface area contributed by atoms with E-state index in [0.29, 0.717) is 64.5 Å². The number of sulfonamides is 1. The molecule has 2 aromatic heterocycles. The number of carbonyl (C=O) groups excluding carboxylic acids is 1. The summed E-state index contributed by atoms with van der Waals surface area (Å²) in [5, 5.41) is 13.9. The molecule has 0 radical (unpaired) electrons. The second-order valence-corrected chi connectivity index (χ2v) is 17.0. The average molecular weight is 734 g/mol. The standard InChI is InChI=1S/C40H39N5O5S2/c1-23-14-16-31-24(2)21-40(31,20-23)44-52(49,50)34-13-7-9-27(25(34)3)28-15-17-35(42-36(28)38(47)48)45-19-18-26-8-6-10-29(30(26)22-45)37(46)43-39-41-32-11-4-5-12-33(32)51-39/h4-13,15-17,23-24,44H,14,18-22H2,1-3H3,(H,47,48)(H,41,43,46). The number of aromatic carboxylic acids is 1. The summed E-state index contributed by atoms with van der Waals surface area (Å²) in [7, 11) is -3.94. The molecular formula is C40H39N5O5S2. The van der Waals surface area contributed by atoms with Crippen molar-refractivity contribution in [3.8, 4) is 11.1 Å². The van der Waals surface area contributed by atoms with Gasteiger partial charge in [0.25, 0.3) is 5.91 Å². The van der Waals surface area contributed by atoms with Gasteiger partial charge in [-0.05, 0) is 103 Å². The number of carboxylic acid groups (broad SMARTS) is 1. The van der Waals surface area contributed by atoms with Gasteiger partial charge in [-0.25, -0.2) is 27.9 Å². The number of benzene rings is 3. The van der Waals surface area contributed by atoms with E-state index in [4.69, 9.17) is 0 Å². The fourth-order valence-corrected chi connectivity index (χ4v) is 11.0. The van der Waals surface area contributed by atoms with Gasteiger partial charge in [0.1, 0.15) is 5.82 Å². The summed E-state index contributed by atoms with van der Waals surface area (Å²) in [6.07, 6.45) is 5.30. The maximum absolute atomic E-state index is 14.0. The minimum Gasteiger partial charge on any atom is -0.476 e. The Labute approximate surface area is 306 Å². The van der Waals surface area contributed by atoms with Gasteiger partial charge in [-0.3, -0.25) is 10.1 Å². The predicted molar refractivity (Wildman–Crippen MR) is 203 cm³/mol. The Morgan fingerprint density at radius 2 is 1.77 bits per heavy atom. The summed E-state index contributed by atoms with van der Waals surface area (Å²) >= 11 is 1.41. The van der Waals surface area contributed by atoms with E-state index in [-0.39, 0.29) is 16.5 Å². The highest BCUT2D eigenvalue weighted by Crippen LogP contribution is 2.51. The molecular weight excluding hydrogens is 695 g/mol. The van der Waals surface area contributed by atoms with Crippen molar-refractivity contribution >= 4 is 54.4 Å². The van der Waals surface area contributed by atoms with Crippen molar-refractivity contribution in [3.05, 3.63) is 112 Å². The van der Waals surface area contributed by atoms with Gasteiger partial charge in [-0.1, -0.05) is 73.2 Å². The van der Waals surface area contributed by atoms with E-state index < -0.39 is 21.5 Å². The molecule has 1 fully saturated rings. The van der Waals surface area contributed by atoms with Gasteiger partial charge < -0.3 is 10.0 Å². The summed E-state index contributed by atoms with van der Waals surface area (Å²) in [4.78, 5) is 37.6. The van der Waals surface area contributed by atoms with Crippen LogP contribution in [0.2, 0.25) is 0 Å². The van der Waals surface area contributed by atoms with Crippen LogP contribution in [0.4, 0.5) is 10.9 Å². The van der Waals surface area contributed by atoms with Crippen LogP contribution in [0.25, 0.3) is 21.3 Å². The molecule has 52 heavy (non-hydrogen) atoms. The number of hydrogen-bond donors (Lipinski definition) is 3. The molecule has 266 valence electrons. The normalized spacial score (nSPS) is 21.1. The first-order chi connectivity index (χ1) is 24.9. The van der Waals surface area contributed by atoms with Gasteiger partial charge in [0.15, 0.2) is 10.8 Å². The van der Waals surface area contributed by atoms with Crippen LogP contribution < -0.4 is 14.9 Å². The minimum absolute atomic E-state index is 0.126. The largest absolute Gasteiger partial charge is 0.476 e. The second kappa shape index (κ2) is 12.9. The molecule has 1 aliphatic heterocycles. The lowest BCUT2D eigenvalue weighted by atomic mass is 9.58. The second-order valence-electron chi connectivity index (χ2n) is 14.4. The van der Waals surface area contributed by atoms with Gasteiger partial charge in [0.2, 0.25) is 10.0 Å². The van der Waals surface area contributed by atoms with Crippen LogP contribution in [-0.4, -0.2) is 47.5 Å². The number of anilines is 2. The van der Waals surface area contributed by atoms with Crippen LogP contribution in [0.15, 0.2) is 89.3 Å². The van der Waals surface area contributed by atoms with Crippen molar-refractivity contribution in [1.82, 2.24) is 14.7 Å². The number of rotatable bonds is 8. The third-order valence-corrected chi connectivity index (χ3v) is 13.4. The number of carboxylic acids is 1. The Kier molecular flexibility index (Phi) is 8.51. The lowest BCUT2D eigenvalue weighted by Crippen LogP contribution is -2.60. The van der Waals surface area contributed by atoms with Crippen LogP contribution in [0.5, 0.6) is 0 Å². The summed E-state index contributed by atoms with van der Waals surface area (Å²) in [5.74, 6) is -0.309. The predicted octanol–water partition coefficient (Wildman–Crippen LogP) is 7.59. The van der Waals surface area contributed by atoms with Crippen molar-refractivity contribution in [2.45, 2.75) is 63.4 Å². The minimum atomic E-state index is -3.94. The van der Waals surface area contributed by atoms with Crippen molar-refractivity contribution < 1.29 is 23.1 Å². The fourth-order valence-electron chi connectivity index (χ4n) is 8.43. The molecule has 12 heteroatoms. The smallest absolute Gasteiger partial charge is 0.355 e. The number of pyridine rings is 1. The molecule has 3 heterocycles. The Bertz CT molecular complexity index is 2390. The van der Waals surface area contributed by atoms with Gasteiger partial charge in [-0.15, -0.1) is 0 Å². The maximum Gasteiger partial charge on any atom is 0.355 e. The highest BCUT2D eigenvalue weighted by molar-refractivity contribution is 7.89. The van der Waals surface area contributed by atoms with E-state index in [1.165, 1.54) is 11.3 Å². The molecule has 5 aromatic rings. The van der Waals surface area contributed by atoms with E-state index in [0.717, 1.165) is 46.2 Å². The third kappa shape index (κ3) is 5.98. The highest BCUT2D eigenvalue weighted by Gasteiger charge is 2.51. The summed E-state index contributed by atoms with van der Waals surface area (Å²) in [6, 6.07) is 21.8. The van der Waals surface area contributed by atoms with E-state index in [1.54, 1.807) is 43.3 Å². The number of hydrogen-bond acceptors (Lipinski definition) is 8. The number of nitrogens with one attached hydrogen (secondary N) is 2. The van der Waals surface area contributed by atoms with Crippen LogP contribution >= 0.6 is 11.3 Å². The summed E-state index contributed by atoms with van der Waals surface area (Å²) in [6.45, 7) is 6.93. The zero-order valence-electron chi connectivity index (χ0n) is 29.1. The molecule has 8 rings (SSSR count). The molecule has 0 spiro atoms. The number of nitrogens with zero attached hydrogens (tertiary/aromatic N) is 3. The first kappa shape index (κ1) is 34.2. The monoisotopic (exact) mass is 733 g/mol. The van der Waals surface area contributed by atoms with Crippen molar-refractivity contribution in [1.29, 1.82) is 0 Å². The van der Waals surface area contributed by atoms with Crippen LogP contribution in [0, 0.1) is 18.8 Å². The Morgan fingerprint density at radius 1 is 0.962 bits per heavy atom. The Morgan fingerprint density at radius 3 is 2.56 bits per heavy atom. The van der Waals surface area contributed by atoms with Crippen LogP contribution in [-0.2, 0) is 23.0 Å². The van der Waals surface area contributed by atoms with E-state index in [1.807, 2.05) is 41.3 Å². The van der Waals surface area contributed by atoms with Gasteiger partial charge in [-0.2, -0.15) is 0 Å². The lowest BCUT2D eigenvalue weighted by Gasteiger charge is -2.53. The van der Waals surface area contributed by atoms with Crippen LogP contribution in [0.1, 0.15) is 70.6 Å². The fraction of sp³-hybridized carbons (Fsp3) is 0.300. The molecule has 2 aliphatic carbocycles.